The number of halogens is 1. The van der Waals surface area contributed by atoms with E-state index in [-0.39, 0.29) is 9.20 Å². The zero-order valence-electron chi connectivity index (χ0n) is 10.4. The van der Waals surface area contributed by atoms with Crippen LogP contribution in [-0.2, 0) is 10.0 Å². The molecule has 0 aliphatic heterocycles. The van der Waals surface area contributed by atoms with Crippen LogP contribution in [0.2, 0.25) is 4.34 Å². The summed E-state index contributed by atoms with van der Waals surface area (Å²) in [5, 5.41) is 0. The van der Waals surface area contributed by atoms with Crippen LogP contribution >= 0.6 is 35.2 Å². The summed E-state index contributed by atoms with van der Waals surface area (Å²) in [6.07, 6.45) is 0. The Bertz CT molecular complexity index is 732. The SMILES string of the molecule is Cc1cc(S(=O)(=O)Nc2ccc(C(N)=S)cc2)sc1Cl. The molecule has 2 rings (SSSR count). The molecule has 8 heteroatoms. The predicted molar refractivity (Wildman–Crippen MR) is 87.2 cm³/mol. The average molecular weight is 347 g/mol. The van der Waals surface area contributed by atoms with E-state index < -0.39 is 10.0 Å². The topological polar surface area (TPSA) is 72.2 Å². The molecule has 0 bridgehead atoms. The van der Waals surface area contributed by atoms with Crippen LogP contribution in [0, 0.1) is 6.92 Å². The molecule has 0 atom stereocenters. The molecule has 0 spiro atoms. The van der Waals surface area contributed by atoms with Gasteiger partial charge in [0.25, 0.3) is 10.0 Å². The smallest absolute Gasteiger partial charge is 0.271 e. The van der Waals surface area contributed by atoms with E-state index in [2.05, 4.69) is 4.72 Å². The number of hydrogen-bond acceptors (Lipinski definition) is 4. The van der Waals surface area contributed by atoms with Crippen LogP contribution in [0.3, 0.4) is 0 Å². The highest BCUT2D eigenvalue weighted by Crippen LogP contribution is 2.31. The summed E-state index contributed by atoms with van der Waals surface area (Å²) in [5.41, 5.74) is 7.33. The van der Waals surface area contributed by atoms with Crippen LogP contribution in [0.5, 0.6) is 0 Å². The Hall–Kier alpha value is -1.15. The van der Waals surface area contributed by atoms with E-state index in [0.717, 1.165) is 16.9 Å². The molecule has 0 aliphatic carbocycles. The maximum Gasteiger partial charge on any atom is 0.271 e. The van der Waals surface area contributed by atoms with E-state index in [4.69, 9.17) is 29.6 Å². The van der Waals surface area contributed by atoms with Crippen molar-refractivity contribution in [3.63, 3.8) is 0 Å². The fourth-order valence-corrected chi connectivity index (χ4v) is 4.37. The molecule has 1 aromatic carbocycles. The van der Waals surface area contributed by atoms with Gasteiger partial charge in [0.05, 0.1) is 4.34 Å². The van der Waals surface area contributed by atoms with Crippen LogP contribution in [-0.4, -0.2) is 13.4 Å². The third kappa shape index (κ3) is 3.29. The Morgan fingerprint density at radius 1 is 1.35 bits per heavy atom. The molecule has 3 N–H and O–H groups in total. The van der Waals surface area contributed by atoms with Crippen LogP contribution in [0.25, 0.3) is 0 Å². The third-order valence-corrected chi connectivity index (χ3v) is 6.17. The van der Waals surface area contributed by atoms with Crippen molar-refractivity contribution in [3.8, 4) is 0 Å². The Morgan fingerprint density at radius 2 is 1.95 bits per heavy atom. The van der Waals surface area contributed by atoms with Gasteiger partial charge in [-0.25, -0.2) is 8.42 Å². The zero-order chi connectivity index (χ0) is 14.9. The van der Waals surface area contributed by atoms with E-state index in [0.29, 0.717) is 15.6 Å². The summed E-state index contributed by atoms with van der Waals surface area (Å²) in [7, 11) is -3.63. The largest absolute Gasteiger partial charge is 0.389 e. The molecular weight excluding hydrogens is 336 g/mol. The van der Waals surface area contributed by atoms with Gasteiger partial charge in [-0.2, -0.15) is 0 Å². The number of sulfonamides is 1. The molecule has 1 aromatic heterocycles. The van der Waals surface area contributed by atoms with Crippen molar-refractivity contribution < 1.29 is 8.42 Å². The van der Waals surface area contributed by atoms with Gasteiger partial charge >= 0.3 is 0 Å². The lowest BCUT2D eigenvalue weighted by Crippen LogP contribution is -2.12. The van der Waals surface area contributed by atoms with Gasteiger partial charge in [0.1, 0.15) is 9.20 Å². The molecule has 0 aliphatic rings. The summed E-state index contributed by atoms with van der Waals surface area (Å²) in [6, 6.07) is 8.07. The number of hydrogen-bond donors (Lipinski definition) is 2. The van der Waals surface area contributed by atoms with Crippen molar-refractivity contribution in [2.75, 3.05) is 4.72 Å². The first kappa shape index (κ1) is 15.2. The predicted octanol–water partition coefficient (Wildman–Crippen LogP) is 3.14. The summed E-state index contributed by atoms with van der Waals surface area (Å²) in [5.74, 6) is 0. The lowest BCUT2D eigenvalue weighted by atomic mass is 10.2. The number of nitrogens with one attached hydrogen (secondary N) is 1. The Kier molecular flexibility index (Phi) is 4.33. The molecule has 0 saturated heterocycles. The van der Waals surface area contributed by atoms with Crippen molar-refractivity contribution in [2.45, 2.75) is 11.1 Å². The van der Waals surface area contributed by atoms with Gasteiger partial charge in [-0.05, 0) is 42.8 Å². The van der Waals surface area contributed by atoms with E-state index in [1.807, 2.05) is 0 Å². The van der Waals surface area contributed by atoms with Gasteiger partial charge in [-0.3, -0.25) is 4.72 Å². The highest BCUT2D eigenvalue weighted by Gasteiger charge is 2.18. The van der Waals surface area contributed by atoms with Crippen LogP contribution in [0.15, 0.2) is 34.5 Å². The van der Waals surface area contributed by atoms with Gasteiger partial charge in [0, 0.05) is 11.3 Å². The van der Waals surface area contributed by atoms with Crippen molar-refractivity contribution in [3.05, 3.63) is 45.8 Å². The number of rotatable bonds is 4. The molecule has 1 heterocycles. The molecular formula is C12H11ClN2O2S3. The Morgan fingerprint density at radius 3 is 2.40 bits per heavy atom. The molecule has 106 valence electrons. The van der Waals surface area contributed by atoms with E-state index in [1.54, 1.807) is 37.3 Å². The monoisotopic (exact) mass is 346 g/mol. The van der Waals surface area contributed by atoms with E-state index in [1.165, 1.54) is 0 Å². The molecule has 4 nitrogen and oxygen atoms in total. The first-order valence-electron chi connectivity index (χ1n) is 5.48. The van der Waals surface area contributed by atoms with Gasteiger partial charge in [-0.15, -0.1) is 11.3 Å². The molecule has 0 unspecified atom stereocenters. The van der Waals surface area contributed by atoms with E-state index >= 15 is 0 Å². The van der Waals surface area contributed by atoms with Gasteiger partial charge in [-0.1, -0.05) is 23.8 Å². The standard InChI is InChI=1S/C12H11ClN2O2S3/c1-7-6-10(19-11(7)13)20(16,17)15-9-4-2-8(3-5-9)12(14)18/h2-6,15H,1H3,(H2,14,18). The summed E-state index contributed by atoms with van der Waals surface area (Å²) in [6.45, 7) is 1.76. The quantitative estimate of drug-likeness (QED) is 0.834. The lowest BCUT2D eigenvalue weighted by Gasteiger charge is -2.06. The van der Waals surface area contributed by atoms with Crippen molar-refractivity contribution >= 4 is 55.9 Å². The number of anilines is 1. The van der Waals surface area contributed by atoms with Crippen molar-refractivity contribution in [1.29, 1.82) is 0 Å². The minimum atomic E-state index is -3.63. The molecule has 2 aromatic rings. The molecule has 0 saturated carbocycles. The number of thiophene rings is 1. The first-order chi connectivity index (χ1) is 9.29. The number of nitrogens with two attached hydrogens (primary N) is 1. The fraction of sp³-hybridized carbons (Fsp3) is 0.0833. The lowest BCUT2D eigenvalue weighted by molar-refractivity contribution is 0.603. The van der Waals surface area contributed by atoms with Gasteiger partial charge in [0.15, 0.2) is 0 Å². The Balaban J connectivity index is 2.26. The highest BCUT2D eigenvalue weighted by atomic mass is 35.5. The second-order valence-electron chi connectivity index (χ2n) is 4.07. The highest BCUT2D eigenvalue weighted by molar-refractivity contribution is 7.94. The van der Waals surface area contributed by atoms with Crippen molar-refractivity contribution in [2.24, 2.45) is 5.73 Å². The summed E-state index contributed by atoms with van der Waals surface area (Å²) < 4.78 is 27.5. The maximum atomic E-state index is 12.2. The number of thiocarbonyl (C=S) groups is 1. The molecule has 0 radical (unpaired) electrons. The first-order valence-corrected chi connectivity index (χ1v) is 8.57. The van der Waals surface area contributed by atoms with Crippen LogP contribution in [0.4, 0.5) is 5.69 Å². The van der Waals surface area contributed by atoms with E-state index in [9.17, 15) is 8.42 Å². The van der Waals surface area contributed by atoms with Gasteiger partial charge < -0.3 is 5.73 Å². The average Bonchev–Trinajstić information content (AvgIpc) is 2.71. The normalized spacial score (nSPS) is 11.3. The molecule has 0 amide bonds. The molecule has 0 fully saturated rings. The number of aryl methyl sites for hydroxylation is 1. The van der Waals surface area contributed by atoms with Crippen LogP contribution in [0.1, 0.15) is 11.1 Å². The summed E-state index contributed by atoms with van der Waals surface area (Å²) >= 11 is 11.7. The minimum absolute atomic E-state index is 0.179. The number of benzene rings is 1. The summed E-state index contributed by atoms with van der Waals surface area (Å²) in [4.78, 5) is 0.264. The fourth-order valence-electron chi connectivity index (χ4n) is 1.47. The third-order valence-electron chi connectivity index (χ3n) is 2.52. The maximum absolute atomic E-state index is 12.2. The second kappa shape index (κ2) is 5.69. The molecule has 20 heavy (non-hydrogen) atoms. The van der Waals surface area contributed by atoms with Crippen molar-refractivity contribution in [1.82, 2.24) is 0 Å². The van der Waals surface area contributed by atoms with Gasteiger partial charge in [0.2, 0.25) is 0 Å². The zero-order valence-corrected chi connectivity index (χ0v) is 13.6. The minimum Gasteiger partial charge on any atom is -0.389 e. The second-order valence-corrected chi connectivity index (χ2v) is 8.07. The Labute approximate surface area is 131 Å². The van der Waals surface area contributed by atoms with Crippen LogP contribution < -0.4 is 10.5 Å².